The van der Waals surface area contributed by atoms with Crippen molar-refractivity contribution in [2.24, 2.45) is 5.73 Å². The van der Waals surface area contributed by atoms with Gasteiger partial charge in [0.15, 0.2) is 0 Å². The Morgan fingerprint density at radius 3 is 2.69 bits per heavy atom. The van der Waals surface area contributed by atoms with E-state index < -0.39 is 15.7 Å². The third-order valence-electron chi connectivity index (χ3n) is 5.09. The summed E-state index contributed by atoms with van der Waals surface area (Å²) in [6, 6.07) is 3.80. The van der Waals surface area contributed by atoms with Gasteiger partial charge in [0.2, 0.25) is 10.0 Å². The van der Waals surface area contributed by atoms with Gasteiger partial charge in [-0.1, -0.05) is 0 Å². The second-order valence-corrected chi connectivity index (χ2v) is 9.86. The summed E-state index contributed by atoms with van der Waals surface area (Å²) in [5.74, 6) is 0.420. The van der Waals surface area contributed by atoms with E-state index >= 15 is 0 Å². The van der Waals surface area contributed by atoms with Crippen molar-refractivity contribution in [1.29, 1.82) is 0 Å². The molecule has 0 bridgehead atoms. The van der Waals surface area contributed by atoms with Crippen LogP contribution in [0.2, 0.25) is 0 Å². The summed E-state index contributed by atoms with van der Waals surface area (Å²) in [5, 5.41) is 1.46. The van der Waals surface area contributed by atoms with Gasteiger partial charge in [-0.15, -0.1) is 0 Å². The number of aromatic nitrogens is 1. The van der Waals surface area contributed by atoms with Crippen LogP contribution < -0.4 is 10.5 Å². The molecular weight excluding hydrogens is 353 g/mol. The van der Waals surface area contributed by atoms with E-state index in [0.717, 1.165) is 35.0 Å². The van der Waals surface area contributed by atoms with Crippen molar-refractivity contribution in [2.75, 3.05) is 6.54 Å². The minimum absolute atomic E-state index is 0.0933. The Labute approximate surface area is 153 Å². The van der Waals surface area contributed by atoms with Gasteiger partial charge in [-0.3, -0.25) is 4.98 Å². The maximum absolute atomic E-state index is 13.9. The molecule has 0 spiro atoms. The molecule has 1 saturated carbocycles. The molecular formula is C19H24FN3O2S. The van der Waals surface area contributed by atoms with E-state index in [1.54, 1.807) is 6.20 Å². The van der Waals surface area contributed by atoms with Crippen LogP contribution in [0.15, 0.2) is 23.2 Å². The fourth-order valence-corrected chi connectivity index (χ4v) is 5.33. The summed E-state index contributed by atoms with van der Waals surface area (Å²) >= 11 is 0. The first-order valence-electron chi connectivity index (χ1n) is 9.02. The smallest absolute Gasteiger partial charge is 0.241 e. The molecule has 1 heterocycles. The van der Waals surface area contributed by atoms with Gasteiger partial charge >= 0.3 is 0 Å². The Hall–Kier alpha value is -1.57. The number of halogens is 1. The van der Waals surface area contributed by atoms with Gasteiger partial charge in [0.05, 0.1) is 4.90 Å². The average molecular weight is 377 g/mol. The van der Waals surface area contributed by atoms with Gasteiger partial charge < -0.3 is 5.73 Å². The molecule has 2 aromatic rings. The van der Waals surface area contributed by atoms with Crippen molar-refractivity contribution in [3.8, 4) is 0 Å². The van der Waals surface area contributed by atoms with Crippen LogP contribution in [-0.2, 0) is 22.9 Å². The highest BCUT2D eigenvalue weighted by Gasteiger charge is 2.32. The van der Waals surface area contributed by atoms with E-state index in [1.165, 1.54) is 13.8 Å². The molecule has 5 nitrogen and oxygen atoms in total. The Bertz CT molecular complexity index is 978. The molecule has 0 aliphatic heterocycles. The van der Waals surface area contributed by atoms with Crippen molar-refractivity contribution in [1.82, 2.24) is 9.71 Å². The van der Waals surface area contributed by atoms with Crippen molar-refractivity contribution >= 4 is 20.8 Å². The number of hydrogen-bond acceptors (Lipinski definition) is 4. The molecule has 1 aromatic heterocycles. The quantitative estimate of drug-likeness (QED) is 0.839. The minimum Gasteiger partial charge on any atom is -0.327 e. The summed E-state index contributed by atoms with van der Waals surface area (Å²) in [7, 11) is -3.86. The van der Waals surface area contributed by atoms with Gasteiger partial charge in [-0.05, 0) is 62.8 Å². The maximum Gasteiger partial charge on any atom is 0.241 e. The van der Waals surface area contributed by atoms with Crippen LogP contribution in [0.5, 0.6) is 0 Å². The molecule has 0 saturated heterocycles. The van der Waals surface area contributed by atoms with E-state index in [4.69, 9.17) is 5.73 Å². The van der Waals surface area contributed by atoms with E-state index in [1.807, 2.05) is 12.1 Å². The molecule has 0 unspecified atom stereocenters. The van der Waals surface area contributed by atoms with Crippen LogP contribution in [-0.4, -0.2) is 31.7 Å². The Kier molecular flexibility index (Phi) is 4.09. The molecule has 26 heavy (non-hydrogen) atoms. The summed E-state index contributed by atoms with van der Waals surface area (Å²) < 4.78 is 42.6. The first-order chi connectivity index (χ1) is 12.1. The molecule has 2 aliphatic carbocycles. The van der Waals surface area contributed by atoms with Crippen LogP contribution in [0, 0.1) is 0 Å². The lowest BCUT2D eigenvalue weighted by Crippen LogP contribution is -2.36. The number of rotatable bonds is 5. The number of nitrogens with one attached hydrogen (secondary N) is 1. The van der Waals surface area contributed by atoms with Crippen molar-refractivity contribution < 1.29 is 12.8 Å². The number of alkyl halides is 1. The van der Waals surface area contributed by atoms with Crippen LogP contribution in [0.3, 0.4) is 0 Å². The summed E-state index contributed by atoms with van der Waals surface area (Å²) in [6.45, 7) is 2.44. The molecule has 2 aliphatic rings. The van der Waals surface area contributed by atoms with Gasteiger partial charge in [0.1, 0.15) is 5.67 Å². The maximum atomic E-state index is 13.9. The van der Waals surface area contributed by atoms with Crippen LogP contribution >= 0.6 is 0 Å². The SMILES string of the molecule is CC(C)(F)CNS(=O)(=O)c1c2c(cc3cnc(C4CC4)cc13)C[C@@H](N)C2. The van der Waals surface area contributed by atoms with Crippen LogP contribution in [0.1, 0.15) is 49.4 Å². The van der Waals surface area contributed by atoms with E-state index in [0.29, 0.717) is 24.1 Å². The number of benzene rings is 1. The minimum atomic E-state index is -3.86. The zero-order valence-electron chi connectivity index (χ0n) is 15.0. The largest absolute Gasteiger partial charge is 0.327 e. The highest BCUT2D eigenvalue weighted by atomic mass is 32.2. The molecule has 7 heteroatoms. The Morgan fingerprint density at radius 2 is 2.04 bits per heavy atom. The molecule has 1 fully saturated rings. The van der Waals surface area contributed by atoms with E-state index in [9.17, 15) is 12.8 Å². The lowest BCUT2D eigenvalue weighted by molar-refractivity contribution is 0.221. The second-order valence-electron chi connectivity index (χ2n) is 8.16. The predicted molar refractivity (Wildman–Crippen MR) is 99.5 cm³/mol. The predicted octanol–water partition coefficient (Wildman–Crippen LogP) is 2.56. The topological polar surface area (TPSA) is 85.1 Å². The van der Waals surface area contributed by atoms with Gasteiger partial charge in [0.25, 0.3) is 0 Å². The van der Waals surface area contributed by atoms with Crippen LogP contribution in [0.25, 0.3) is 10.8 Å². The summed E-state index contributed by atoms with van der Waals surface area (Å²) in [4.78, 5) is 4.77. The standard InChI is InChI=1S/C19H24FN3O2S/c1-19(2,20)10-23-26(24,25)18-15-7-14(21)6-12(15)5-13-9-22-17(8-16(13)18)11-3-4-11/h5,8-9,11,14,23H,3-4,6-7,10,21H2,1-2H3/t14-/m1/s1. The molecule has 1 atom stereocenters. The van der Waals surface area contributed by atoms with Gasteiger partial charge in [-0.2, -0.15) is 0 Å². The third-order valence-corrected chi connectivity index (χ3v) is 6.62. The highest BCUT2D eigenvalue weighted by Crippen LogP contribution is 2.41. The third kappa shape index (κ3) is 3.35. The number of sulfonamides is 1. The Balaban J connectivity index is 1.90. The van der Waals surface area contributed by atoms with E-state index in [-0.39, 0.29) is 17.5 Å². The van der Waals surface area contributed by atoms with Crippen LogP contribution in [0.4, 0.5) is 4.39 Å². The molecule has 0 radical (unpaired) electrons. The zero-order chi connectivity index (χ0) is 18.7. The van der Waals surface area contributed by atoms with Crippen molar-refractivity contribution in [3.05, 3.63) is 35.2 Å². The second kappa shape index (κ2) is 5.97. The zero-order valence-corrected chi connectivity index (χ0v) is 15.9. The molecule has 4 rings (SSSR count). The van der Waals surface area contributed by atoms with E-state index in [2.05, 4.69) is 9.71 Å². The first kappa shape index (κ1) is 17.8. The molecule has 140 valence electrons. The lowest BCUT2D eigenvalue weighted by atomic mass is 10.0. The first-order valence-corrected chi connectivity index (χ1v) is 10.5. The normalized spacial score (nSPS) is 20.5. The fourth-order valence-electron chi connectivity index (χ4n) is 3.65. The monoisotopic (exact) mass is 377 g/mol. The Morgan fingerprint density at radius 1 is 1.31 bits per heavy atom. The summed E-state index contributed by atoms with van der Waals surface area (Å²) in [6.07, 6.45) is 5.09. The number of pyridine rings is 1. The van der Waals surface area contributed by atoms with Crippen molar-refractivity contribution in [2.45, 2.75) is 62.1 Å². The number of nitrogens with zero attached hydrogens (tertiary/aromatic N) is 1. The number of hydrogen-bond donors (Lipinski definition) is 2. The van der Waals surface area contributed by atoms with Crippen molar-refractivity contribution in [3.63, 3.8) is 0 Å². The average Bonchev–Trinajstić information content (AvgIpc) is 3.31. The molecule has 0 amide bonds. The fraction of sp³-hybridized carbons (Fsp3) is 0.526. The molecule has 1 aromatic carbocycles. The number of fused-ring (bicyclic) bond motifs is 2. The lowest BCUT2D eigenvalue weighted by Gasteiger charge is -2.18. The number of nitrogens with two attached hydrogens (primary N) is 1. The van der Waals surface area contributed by atoms with Gasteiger partial charge in [0, 0.05) is 41.2 Å². The summed E-state index contributed by atoms with van der Waals surface area (Å²) in [5.41, 5.74) is 7.12. The molecule has 3 N–H and O–H groups in total. The highest BCUT2D eigenvalue weighted by molar-refractivity contribution is 7.89. The van der Waals surface area contributed by atoms with Gasteiger partial charge in [-0.25, -0.2) is 17.5 Å².